The van der Waals surface area contributed by atoms with Gasteiger partial charge in [0.15, 0.2) is 0 Å². The molecule has 1 atom stereocenters. The summed E-state index contributed by atoms with van der Waals surface area (Å²) in [5.41, 5.74) is 0.177. The Kier molecular flexibility index (Phi) is 3.60. The first kappa shape index (κ1) is 12.4. The van der Waals surface area contributed by atoms with Crippen molar-refractivity contribution in [1.29, 1.82) is 0 Å². The van der Waals surface area contributed by atoms with Crippen LogP contribution in [0.4, 0.5) is 0 Å². The Hall–Kier alpha value is -0.0800. The summed E-state index contributed by atoms with van der Waals surface area (Å²) in [5, 5.41) is 3.62. The van der Waals surface area contributed by atoms with Gasteiger partial charge in [0.25, 0.3) is 0 Å². The van der Waals surface area contributed by atoms with E-state index in [2.05, 4.69) is 26.1 Å². The Morgan fingerprint density at radius 1 is 1.00 bits per heavy atom. The van der Waals surface area contributed by atoms with Crippen LogP contribution in [0.25, 0.3) is 0 Å². The number of nitrogens with one attached hydrogen (secondary N) is 1. The molecule has 0 aromatic rings. The van der Waals surface area contributed by atoms with Crippen LogP contribution in [-0.2, 0) is 4.74 Å². The Labute approximate surface area is 100 Å². The third-order valence-corrected chi connectivity index (χ3v) is 4.61. The first-order valence-electron chi connectivity index (χ1n) is 6.97. The average molecular weight is 225 g/mol. The van der Waals surface area contributed by atoms with Crippen molar-refractivity contribution in [3.63, 3.8) is 0 Å². The molecule has 1 heterocycles. The van der Waals surface area contributed by atoms with Crippen molar-refractivity contribution in [3.05, 3.63) is 0 Å². The maximum Gasteiger partial charge on any atom is 0.0814 e. The molecule has 0 aromatic carbocycles. The predicted octanol–water partition coefficient (Wildman–Crippen LogP) is 3.11. The third kappa shape index (κ3) is 2.43. The maximum atomic E-state index is 6.58. The lowest BCUT2D eigenvalue weighted by atomic mass is 9.85. The lowest BCUT2D eigenvalue weighted by Gasteiger charge is -2.49. The molecule has 2 nitrogen and oxygen atoms in total. The van der Waals surface area contributed by atoms with Crippen LogP contribution in [0.5, 0.6) is 0 Å². The minimum atomic E-state index is 0.0303. The first-order chi connectivity index (χ1) is 7.56. The van der Waals surface area contributed by atoms with Gasteiger partial charge in [0, 0.05) is 13.1 Å². The van der Waals surface area contributed by atoms with Crippen molar-refractivity contribution in [2.45, 2.75) is 70.5 Å². The van der Waals surface area contributed by atoms with E-state index in [0.717, 1.165) is 13.1 Å². The summed E-state index contributed by atoms with van der Waals surface area (Å²) in [7, 11) is 0. The molecule has 2 aliphatic rings. The number of morpholine rings is 1. The van der Waals surface area contributed by atoms with Crippen molar-refractivity contribution >= 4 is 0 Å². The Bertz CT molecular complexity index is 231. The van der Waals surface area contributed by atoms with Crippen molar-refractivity contribution < 1.29 is 4.74 Å². The van der Waals surface area contributed by atoms with Gasteiger partial charge in [-0.3, -0.25) is 0 Å². The van der Waals surface area contributed by atoms with E-state index in [1.807, 2.05) is 0 Å². The van der Waals surface area contributed by atoms with E-state index in [1.54, 1.807) is 0 Å². The summed E-state index contributed by atoms with van der Waals surface area (Å²) in [6, 6.07) is 0. The molecule has 2 rings (SSSR count). The lowest BCUT2D eigenvalue weighted by molar-refractivity contribution is -0.193. The van der Waals surface area contributed by atoms with Gasteiger partial charge in [-0.05, 0) is 25.7 Å². The van der Waals surface area contributed by atoms with E-state index >= 15 is 0 Å². The second-order valence-electron chi connectivity index (χ2n) is 6.27. The molecule has 1 spiro atoms. The fourth-order valence-corrected chi connectivity index (χ4v) is 3.08. The summed E-state index contributed by atoms with van der Waals surface area (Å²) < 4.78 is 6.58. The van der Waals surface area contributed by atoms with Gasteiger partial charge in [-0.2, -0.15) is 0 Å². The number of hydrogen-bond donors (Lipinski definition) is 1. The van der Waals surface area contributed by atoms with Gasteiger partial charge in [-0.1, -0.05) is 39.5 Å². The molecule has 0 aromatic heterocycles. The highest BCUT2D eigenvalue weighted by atomic mass is 16.5. The number of rotatable bonds is 1. The Morgan fingerprint density at radius 3 is 2.19 bits per heavy atom. The number of ether oxygens (including phenoxy) is 1. The van der Waals surface area contributed by atoms with Crippen LogP contribution >= 0.6 is 0 Å². The lowest BCUT2D eigenvalue weighted by Crippen LogP contribution is -2.61. The monoisotopic (exact) mass is 225 g/mol. The topological polar surface area (TPSA) is 21.3 Å². The van der Waals surface area contributed by atoms with E-state index in [1.165, 1.54) is 38.5 Å². The largest absolute Gasteiger partial charge is 0.366 e. The van der Waals surface area contributed by atoms with E-state index < -0.39 is 0 Å². The van der Waals surface area contributed by atoms with E-state index in [4.69, 9.17) is 4.74 Å². The van der Waals surface area contributed by atoms with Gasteiger partial charge in [-0.25, -0.2) is 0 Å². The molecule has 16 heavy (non-hydrogen) atoms. The highest BCUT2D eigenvalue weighted by Crippen LogP contribution is 2.38. The van der Waals surface area contributed by atoms with E-state index in [0.29, 0.717) is 5.92 Å². The molecule has 1 saturated heterocycles. The normalized spacial score (nSPS) is 35.2. The van der Waals surface area contributed by atoms with E-state index in [-0.39, 0.29) is 11.2 Å². The summed E-state index contributed by atoms with van der Waals surface area (Å²) in [4.78, 5) is 0. The summed E-state index contributed by atoms with van der Waals surface area (Å²) in [5.74, 6) is 0.584. The van der Waals surface area contributed by atoms with E-state index in [9.17, 15) is 0 Å². The molecule has 2 fully saturated rings. The smallest absolute Gasteiger partial charge is 0.0814 e. The summed E-state index contributed by atoms with van der Waals surface area (Å²) in [6.07, 6.45) is 7.98. The van der Waals surface area contributed by atoms with Crippen molar-refractivity contribution in [1.82, 2.24) is 5.32 Å². The van der Waals surface area contributed by atoms with Crippen LogP contribution in [0.15, 0.2) is 0 Å². The molecule has 0 amide bonds. The molecular formula is C14H27NO. The van der Waals surface area contributed by atoms with Crippen LogP contribution in [0.3, 0.4) is 0 Å². The zero-order chi connectivity index (χ0) is 11.6. The van der Waals surface area contributed by atoms with Gasteiger partial charge >= 0.3 is 0 Å². The zero-order valence-electron chi connectivity index (χ0n) is 11.1. The SMILES string of the molecule is CC(C)C1(C)CNCC2(CCCCCC2)O1. The van der Waals surface area contributed by atoms with Crippen LogP contribution in [0.1, 0.15) is 59.3 Å². The molecular weight excluding hydrogens is 198 g/mol. The molecule has 1 saturated carbocycles. The molecule has 0 radical (unpaired) electrons. The van der Waals surface area contributed by atoms with Gasteiger partial charge < -0.3 is 10.1 Å². The molecule has 0 bridgehead atoms. The quantitative estimate of drug-likeness (QED) is 0.740. The van der Waals surface area contributed by atoms with Gasteiger partial charge in [0.05, 0.1) is 11.2 Å². The Balaban J connectivity index is 2.09. The number of hydrogen-bond acceptors (Lipinski definition) is 2. The molecule has 1 N–H and O–H groups in total. The molecule has 94 valence electrons. The molecule has 1 unspecified atom stereocenters. The minimum absolute atomic E-state index is 0.0303. The molecule has 1 aliphatic heterocycles. The molecule has 1 aliphatic carbocycles. The third-order valence-electron chi connectivity index (χ3n) is 4.61. The van der Waals surface area contributed by atoms with Crippen LogP contribution in [0, 0.1) is 5.92 Å². The first-order valence-corrected chi connectivity index (χ1v) is 6.97. The van der Waals surface area contributed by atoms with Crippen molar-refractivity contribution in [2.75, 3.05) is 13.1 Å². The van der Waals surface area contributed by atoms with Gasteiger partial charge in [-0.15, -0.1) is 0 Å². The van der Waals surface area contributed by atoms with Crippen LogP contribution < -0.4 is 5.32 Å². The standard InChI is InChI=1S/C14H27NO/c1-12(2)13(3)10-15-11-14(16-13)8-6-4-5-7-9-14/h12,15H,4-11H2,1-3H3. The maximum absolute atomic E-state index is 6.58. The highest BCUT2D eigenvalue weighted by molar-refractivity contribution is 4.96. The minimum Gasteiger partial charge on any atom is -0.366 e. The average Bonchev–Trinajstić information content (AvgIpc) is 2.44. The fraction of sp³-hybridized carbons (Fsp3) is 1.00. The van der Waals surface area contributed by atoms with Gasteiger partial charge in [0.1, 0.15) is 0 Å². The zero-order valence-corrected chi connectivity index (χ0v) is 11.1. The van der Waals surface area contributed by atoms with Crippen LogP contribution in [-0.4, -0.2) is 24.3 Å². The highest BCUT2D eigenvalue weighted by Gasteiger charge is 2.44. The van der Waals surface area contributed by atoms with Crippen molar-refractivity contribution in [3.8, 4) is 0 Å². The Morgan fingerprint density at radius 2 is 1.62 bits per heavy atom. The van der Waals surface area contributed by atoms with Gasteiger partial charge in [0.2, 0.25) is 0 Å². The fourth-order valence-electron chi connectivity index (χ4n) is 3.08. The molecule has 2 heteroatoms. The predicted molar refractivity (Wildman–Crippen MR) is 67.6 cm³/mol. The van der Waals surface area contributed by atoms with Crippen molar-refractivity contribution in [2.24, 2.45) is 5.92 Å². The summed E-state index contributed by atoms with van der Waals surface area (Å²) in [6.45, 7) is 8.90. The van der Waals surface area contributed by atoms with Crippen LogP contribution in [0.2, 0.25) is 0 Å². The second-order valence-corrected chi connectivity index (χ2v) is 6.27. The summed E-state index contributed by atoms with van der Waals surface area (Å²) >= 11 is 0. The second kappa shape index (κ2) is 4.66.